The molecule has 0 unspecified atom stereocenters. The van der Waals surface area contributed by atoms with Crippen molar-refractivity contribution in [1.82, 2.24) is 9.80 Å². The molecule has 2 aromatic carbocycles. The van der Waals surface area contributed by atoms with Crippen molar-refractivity contribution in [2.45, 2.75) is 33.2 Å². The Morgan fingerprint density at radius 2 is 1.72 bits per heavy atom. The molecule has 156 valence electrons. The van der Waals surface area contributed by atoms with E-state index in [-0.39, 0.29) is 11.7 Å². The van der Waals surface area contributed by atoms with Crippen molar-refractivity contribution in [3.05, 3.63) is 58.9 Å². The number of amides is 1. The monoisotopic (exact) mass is 399 g/mol. The number of halogens is 1. The number of phenols is 1. The highest BCUT2D eigenvalue weighted by molar-refractivity contribution is 5.92. The van der Waals surface area contributed by atoms with Gasteiger partial charge in [-0.1, -0.05) is 19.9 Å². The van der Waals surface area contributed by atoms with E-state index in [2.05, 4.69) is 35.0 Å². The number of carbonyl (C=O) groups excluding carboxylic acids is 1. The predicted octanol–water partition coefficient (Wildman–Crippen LogP) is 3.72. The van der Waals surface area contributed by atoms with Gasteiger partial charge in [0, 0.05) is 44.0 Å². The molecule has 5 nitrogen and oxygen atoms in total. The average Bonchev–Trinajstić information content (AvgIpc) is 2.67. The van der Waals surface area contributed by atoms with Crippen LogP contribution >= 0.6 is 0 Å². The summed E-state index contributed by atoms with van der Waals surface area (Å²) in [4.78, 5) is 16.6. The first kappa shape index (κ1) is 21.3. The number of aryl methyl sites for hydroxylation is 1. The third kappa shape index (κ3) is 5.78. The lowest BCUT2D eigenvalue weighted by atomic mass is 9.95. The van der Waals surface area contributed by atoms with Gasteiger partial charge < -0.3 is 10.4 Å². The van der Waals surface area contributed by atoms with Gasteiger partial charge >= 0.3 is 0 Å². The number of carbonyl (C=O) groups is 1. The second-order valence-electron chi connectivity index (χ2n) is 8.10. The van der Waals surface area contributed by atoms with Crippen molar-refractivity contribution in [1.29, 1.82) is 0 Å². The number of nitrogens with zero attached hydrogens (tertiary/aromatic N) is 2. The Hall–Kier alpha value is -2.44. The molecule has 1 amide bonds. The maximum Gasteiger partial charge on any atom is 0.238 e. The molecular weight excluding hydrogens is 369 g/mol. The summed E-state index contributed by atoms with van der Waals surface area (Å²) in [6.45, 7) is 10.7. The molecule has 1 aliphatic heterocycles. The molecule has 0 atom stereocenters. The Balaban J connectivity index is 1.50. The normalized spacial score (nSPS) is 15.6. The summed E-state index contributed by atoms with van der Waals surface area (Å²) < 4.78 is 13.0. The van der Waals surface area contributed by atoms with Crippen molar-refractivity contribution in [3.8, 4) is 5.75 Å². The van der Waals surface area contributed by atoms with Crippen LogP contribution in [0.15, 0.2) is 36.4 Å². The second kappa shape index (κ2) is 9.37. The van der Waals surface area contributed by atoms with Gasteiger partial charge in [0.15, 0.2) is 0 Å². The Labute approximate surface area is 172 Å². The second-order valence-corrected chi connectivity index (χ2v) is 8.10. The van der Waals surface area contributed by atoms with Crippen LogP contribution in [0.25, 0.3) is 0 Å². The topological polar surface area (TPSA) is 55.8 Å². The lowest BCUT2D eigenvalue weighted by Crippen LogP contribution is -2.48. The first-order valence-electron chi connectivity index (χ1n) is 10.1. The Bertz CT molecular complexity index is 844. The highest BCUT2D eigenvalue weighted by Crippen LogP contribution is 2.28. The molecule has 0 spiro atoms. The molecule has 1 fully saturated rings. The van der Waals surface area contributed by atoms with Crippen molar-refractivity contribution in [3.63, 3.8) is 0 Å². The van der Waals surface area contributed by atoms with E-state index >= 15 is 0 Å². The van der Waals surface area contributed by atoms with Gasteiger partial charge in [0.1, 0.15) is 11.6 Å². The Morgan fingerprint density at radius 3 is 2.34 bits per heavy atom. The van der Waals surface area contributed by atoms with Crippen LogP contribution in [0.4, 0.5) is 10.1 Å². The lowest BCUT2D eigenvalue weighted by Gasteiger charge is -2.34. The summed E-state index contributed by atoms with van der Waals surface area (Å²) in [5.74, 6) is 0.362. The smallest absolute Gasteiger partial charge is 0.238 e. The van der Waals surface area contributed by atoms with Crippen LogP contribution in [0.2, 0.25) is 0 Å². The number of rotatable bonds is 6. The van der Waals surface area contributed by atoms with Crippen LogP contribution in [0.1, 0.15) is 36.5 Å². The molecule has 1 saturated heterocycles. The van der Waals surface area contributed by atoms with Crippen LogP contribution in [-0.4, -0.2) is 53.5 Å². The van der Waals surface area contributed by atoms with Gasteiger partial charge in [-0.2, -0.15) is 0 Å². The van der Waals surface area contributed by atoms with Crippen molar-refractivity contribution in [2.24, 2.45) is 0 Å². The van der Waals surface area contributed by atoms with Crippen LogP contribution in [0.5, 0.6) is 5.75 Å². The highest BCUT2D eigenvalue weighted by atomic mass is 19.1. The number of hydrogen-bond donors (Lipinski definition) is 2. The number of piperazine rings is 1. The molecule has 2 aromatic rings. The van der Waals surface area contributed by atoms with Crippen LogP contribution in [0.3, 0.4) is 0 Å². The van der Waals surface area contributed by atoms with E-state index in [1.54, 1.807) is 12.1 Å². The SMILES string of the molecule is Cc1cc(O)c(CN2CCN(CC(=O)Nc3ccc(F)cc3)CC2)cc1C(C)C. The minimum absolute atomic E-state index is 0.0946. The summed E-state index contributed by atoms with van der Waals surface area (Å²) in [6.07, 6.45) is 0. The fourth-order valence-corrected chi connectivity index (χ4v) is 3.79. The molecule has 2 N–H and O–H groups in total. The van der Waals surface area contributed by atoms with Gasteiger partial charge in [0.25, 0.3) is 0 Å². The Morgan fingerprint density at radius 1 is 1.10 bits per heavy atom. The van der Waals surface area contributed by atoms with Gasteiger partial charge in [-0.05, 0) is 54.3 Å². The summed E-state index contributed by atoms with van der Waals surface area (Å²) >= 11 is 0. The van der Waals surface area contributed by atoms with Crippen molar-refractivity contribution in [2.75, 3.05) is 38.0 Å². The molecule has 1 heterocycles. The van der Waals surface area contributed by atoms with Crippen LogP contribution in [0, 0.1) is 12.7 Å². The average molecular weight is 400 g/mol. The van der Waals surface area contributed by atoms with Crippen molar-refractivity contribution >= 4 is 11.6 Å². The summed E-state index contributed by atoms with van der Waals surface area (Å²) in [5, 5.41) is 13.1. The summed E-state index contributed by atoms with van der Waals surface area (Å²) in [5.41, 5.74) is 3.96. The van der Waals surface area contributed by atoms with E-state index in [0.29, 0.717) is 30.4 Å². The third-order valence-corrected chi connectivity index (χ3v) is 5.44. The minimum atomic E-state index is -0.320. The fraction of sp³-hybridized carbons (Fsp3) is 0.435. The molecule has 29 heavy (non-hydrogen) atoms. The van der Waals surface area contributed by atoms with E-state index in [0.717, 1.165) is 37.3 Å². The third-order valence-electron chi connectivity index (χ3n) is 5.44. The van der Waals surface area contributed by atoms with Gasteiger partial charge in [0.05, 0.1) is 6.54 Å². The molecule has 0 saturated carbocycles. The zero-order valence-electron chi connectivity index (χ0n) is 17.4. The maximum atomic E-state index is 13.0. The van der Waals surface area contributed by atoms with Crippen LogP contribution in [-0.2, 0) is 11.3 Å². The van der Waals surface area contributed by atoms with E-state index < -0.39 is 0 Å². The van der Waals surface area contributed by atoms with Crippen molar-refractivity contribution < 1.29 is 14.3 Å². The first-order valence-corrected chi connectivity index (χ1v) is 10.1. The standard InChI is InChI=1S/C23H30FN3O2/c1-16(2)21-13-18(22(28)12-17(21)3)14-26-8-10-27(11-9-26)15-23(29)25-20-6-4-19(24)5-7-20/h4-7,12-13,16,28H,8-11,14-15H2,1-3H3,(H,25,29). The van der Waals surface area contributed by atoms with E-state index in [4.69, 9.17) is 0 Å². The molecule has 0 bridgehead atoms. The highest BCUT2D eigenvalue weighted by Gasteiger charge is 2.20. The molecule has 0 aromatic heterocycles. The molecule has 0 aliphatic carbocycles. The van der Waals surface area contributed by atoms with Gasteiger partial charge in [-0.25, -0.2) is 4.39 Å². The molecule has 6 heteroatoms. The number of aromatic hydroxyl groups is 1. The number of anilines is 1. The quantitative estimate of drug-likeness (QED) is 0.777. The van der Waals surface area contributed by atoms with Gasteiger partial charge in [0.2, 0.25) is 5.91 Å². The Kier molecular flexibility index (Phi) is 6.87. The largest absolute Gasteiger partial charge is 0.508 e. The van der Waals surface area contributed by atoms with E-state index in [1.165, 1.54) is 17.7 Å². The van der Waals surface area contributed by atoms with Crippen LogP contribution < -0.4 is 5.32 Å². The fourth-order valence-electron chi connectivity index (χ4n) is 3.79. The molecule has 3 rings (SSSR count). The number of hydrogen-bond acceptors (Lipinski definition) is 4. The van der Waals surface area contributed by atoms with Gasteiger partial charge in [-0.3, -0.25) is 14.6 Å². The van der Waals surface area contributed by atoms with E-state index in [1.807, 2.05) is 13.0 Å². The summed E-state index contributed by atoms with van der Waals surface area (Å²) in [6, 6.07) is 9.77. The molecule has 1 aliphatic rings. The maximum absolute atomic E-state index is 13.0. The van der Waals surface area contributed by atoms with Gasteiger partial charge in [-0.15, -0.1) is 0 Å². The zero-order valence-corrected chi connectivity index (χ0v) is 17.4. The predicted molar refractivity (Wildman–Crippen MR) is 114 cm³/mol. The number of nitrogens with one attached hydrogen (secondary N) is 1. The minimum Gasteiger partial charge on any atom is -0.508 e. The molecular formula is C23H30FN3O2. The number of benzene rings is 2. The zero-order chi connectivity index (χ0) is 21.0. The molecule has 0 radical (unpaired) electrons. The first-order chi connectivity index (χ1) is 13.8. The number of phenolic OH excluding ortho intramolecular Hbond substituents is 1. The summed E-state index contributed by atoms with van der Waals surface area (Å²) in [7, 11) is 0. The lowest BCUT2D eigenvalue weighted by molar-refractivity contribution is -0.117. The van der Waals surface area contributed by atoms with E-state index in [9.17, 15) is 14.3 Å².